The third-order valence-electron chi connectivity index (χ3n) is 5.61. The lowest BCUT2D eigenvalue weighted by Gasteiger charge is -2.34. The number of likely N-dealkylation sites (N-methyl/N-ethyl adjacent to an activating group) is 1. The molecule has 2 fully saturated rings. The Balaban J connectivity index is 1.52. The molecule has 1 atom stereocenters. The van der Waals surface area contributed by atoms with Crippen LogP contribution in [0, 0.1) is 5.92 Å². The molecule has 7 heteroatoms. The number of anilines is 2. The fourth-order valence-electron chi connectivity index (χ4n) is 3.79. The van der Waals surface area contributed by atoms with Gasteiger partial charge in [0.1, 0.15) is 0 Å². The van der Waals surface area contributed by atoms with Gasteiger partial charge in [0.15, 0.2) is 0 Å². The summed E-state index contributed by atoms with van der Waals surface area (Å²) in [7, 11) is 6.18. The van der Waals surface area contributed by atoms with Crippen molar-refractivity contribution in [3.63, 3.8) is 0 Å². The molecular formula is C21H33N5O2. The van der Waals surface area contributed by atoms with Crippen LogP contribution in [0.15, 0.2) is 24.3 Å². The van der Waals surface area contributed by atoms with Crippen molar-refractivity contribution >= 4 is 23.2 Å². The van der Waals surface area contributed by atoms with Crippen LogP contribution in [0.1, 0.15) is 12.8 Å². The van der Waals surface area contributed by atoms with E-state index in [0.717, 1.165) is 44.8 Å². The molecule has 0 aromatic heterocycles. The Hall–Kier alpha value is -2.12. The zero-order chi connectivity index (χ0) is 20.1. The number of nitrogens with one attached hydrogen (secondary N) is 1. The Morgan fingerprint density at radius 3 is 2.39 bits per heavy atom. The predicted octanol–water partition coefficient (Wildman–Crippen LogP) is 0.859. The number of piperazine rings is 1. The van der Waals surface area contributed by atoms with Gasteiger partial charge in [-0.3, -0.25) is 9.59 Å². The standard InChI is InChI=1S/C21H33N5O2/c1-23(2)10-4-9-22-21(28)17-15-20(27)26(16-17)19-7-5-18(6-8-19)25-13-11-24(3)12-14-25/h5-8,17H,4,9-16H2,1-3H3,(H,22,28). The number of nitrogens with zero attached hydrogens (tertiary/aromatic N) is 4. The smallest absolute Gasteiger partial charge is 0.227 e. The second-order valence-corrected chi connectivity index (χ2v) is 8.16. The highest BCUT2D eigenvalue weighted by Crippen LogP contribution is 2.27. The molecule has 28 heavy (non-hydrogen) atoms. The molecule has 7 nitrogen and oxygen atoms in total. The first-order valence-electron chi connectivity index (χ1n) is 10.2. The Morgan fingerprint density at radius 2 is 1.75 bits per heavy atom. The van der Waals surface area contributed by atoms with E-state index < -0.39 is 0 Å². The number of amides is 2. The first-order valence-corrected chi connectivity index (χ1v) is 10.2. The maximum atomic E-state index is 12.5. The van der Waals surface area contributed by atoms with E-state index in [-0.39, 0.29) is 17.7 Å². The van der Waals surface area contributed by atoms with Crippen LogP contribution < -0.4 is 15.1 Å². The van der Waals surface area contributed by atoms with Gasteiger partial charge in [0.2, 0.25) is 11.8 Å². The molecule has 1 aromatic rings. The normalized spacial score (nSPS) is 20.9. The Bertz CT molecular complexity index is 668. The molecule has 1 N–H and O–H groups in total. The Labute approximate surface area is 168 Å². The molecule has 0 aliphatic carbocycles. The van der Waals surface area contributed by atoms with Crippen molar-refractivity contribution in [2.75, 3.05) is 76.8 Å². The highest BCUT2D eigenvalue weighted by atomic mass is 16.2. The minimum Gasteiger partial charge on any atom is -0.369 e. The number of rotatable bonds is 7. The summed E-state index contributed by atoms with van der Waals surface area (Å²) in [5.74, 6) is -0.242. The van der Waals surface area contributed by atoms with E-state index in [1.165, 1.54) is 5.69 Å². The van der Waals surface area contributed by atoms with E-state index in [1.54, 1.807) is 4.90 Å². The lowest BCUT2D eigenvalue weighted by molar-refractivity contribution is -0.126. The summed E-state index contributed by atoms with van der Waals surface area (Å²) in [6.07, 6.45) is 1.20. The lowest BCUT2D eigenvalue weighted by Crippen LogP contribution is -2.44. The van der Waals surface area contributed by atoms with Crippen LogP contribution >= 0.6 is 0 Å². The van der Waals surface area contributed by atoms with Crippen molar-refractivity contribution in [3.8, 4) is 0 Å². The van der Waals surface area contributed by atoms with Crippen LogP contribution in [-0.2, 0) is 9.59 Å². The molecule has 0 spiro atoms. The molecule has 2 aliphatic heterocycles. The van der Waals surface area contributed by atoms with Gasteiger partial charge in [-0.25, -0.2) is 0 Å². The summed E-state index contributed by atoms with van der Waals surface area (Å²) in [6.45, 7) is 6.24. The van der Waals surface area contributed by atoms with Crippen LogP contribution in [0.5, 0.6) is 0 Å². The fourth-order valence-corrected chi connectivity index (χ4v) is 3.79. The van der Waals surface area contributed by atoms with Crippen molar-refractivity contribution < 1.29 is 9.59 Å². The summed E-state index contributed by atoms with van der Waals surface area (Å²) in [5.41, 5.74) is 2.07. The topological polar surface area (TPSA) is 59.1 Å². The molecule has 154 valence electrons. The quantitative estimate of drug-likeness (QED) is 0.704. The van der Waals surface area contributed by atoms with Crippen LogP contribution in [0.3, 0.4) is 0 Å². The van der Waals surface area contributed by atoms with Crippen molar-refractivity contribution in [1.29, 1.82) is 0 Å². The molecule has 2 aliphatic rings. The van der Waals surface area contributed by atoms with E-state index in [0.29, 0.717) is 19.5 Å². The van der Waals surface area contributed by atoms with E-state index in [1.807, 2.05) is 26.2 Å². The van der Waals surface area contributed by atoms with Gasteiger partial charge in [-0.15, -0.1) is 0 Å². The van der Waals surface area contributed by atoms with Crippen LogP contribution in [-0.4, -0.2) is 88.6 Å². The molecular weight excluding hydrogens is 354 g/mol. The molecule has 0 radical (unpaired) electrons. The number of benzene rings is 1. The number of carbonyl (C=O) groups excluding carboxylic acids is 2. The number of hydrogen-bond acceptors (Lipinski definition) is 5. The van der Waals surface area contributed by atoms with Crippen LogP contribution in [0.25, 0.3) is 0 Å². The van der Waals surface area contributed by atoms with Crippen molar-refractivity contribution in [2.24, 2.45) is 5.92 Å². The minimum atomic E-state index is -0.260. The monoisotopic (exact) mass is 387 g/mol. The van der Waals surface area contributed by atoms with Gasteiger partial charge in [-0.05, 0) is 58.4 Å². The highest BCUT2D eigenvalue weighted by molar-refractivity contribution is 6.00. The zero-order valence-electron chi connectivity index (χ0n) is 17.4. The molecule has 0 saturated carbocycles. The van der Waals surface area contributed by atoms with Gasteiger partial charge < -0.3 is 24.9 Å². The van der Waals surface area contributed by atoms with Gasteiger partial charge in [-0.2, -0.15) is 0 Å². The maximum Gasteiger partial charge on any atom is 0.227 e. The largest absolute Gasteiger partial charge is 0.369 e. The summed E-state index contributed by atoms with van der Waals surface area (Å²) in [4.78, 5) is 33.4. The van der Waals surface area contributed by atoms with Gasteiger partial charge >= 0.3 is 0 Å². The minimum absolute atomic E-state index is 0.0105. The number of carbonyl (C=O) groups is 2. The lowest BCUT2D eigenvalue weighted by atomic mass is 10.1. The maximum absolute atomic E-state index is 12.5. The first-order chi connectivity index (χ1) is 13.4. The first kappa shape index (κ1) is 20.6. The van der Waals surface area contributed by atoms with Crippen molar-refractivity contribution in [1.82, 2.24) is 15.1 Å². The van der Waals surface area contributed by atoms with Crippen molar-refractivity contribution in [2.45, 2.75) is 12.8 Å². The second kappa shape index (κ2) is 9.39. The predicted molar refractivity (Wildman–Crippen MR) is 113 cm³/mol. The van der Waals surface area contributed by atoms with E-state index >= 15 is 0 Å². The SMILES string of the molecule is CN(C)CCCNC(=O)C1CC(=O)N(c2ccc(N3CCN(C)CC3)cc2)C1. The summed E-state index contributed by atoms with van der Waals surface area (Å²) >= 11 is 0. The average Bonchev–Trinajstić information content (AvgIpc) is 3.07. The fraction of sp³-hybridized carbons (Fsp3) is 0.619. The highest BCUT2D eigenvalue weighted by Gasteiger charge is 2.35. The van der Waals surface area contributed by atoms with E-state index in [4.69, 9.17) is 0 Å². The van der Waals surface area contributed by atoms with E-state index in [2.05, 4.69) is 39.2 Å². The van der Waals surface area contributed by atoms with Crippen LogP contribution in [0.4, 0.5) is 11.4 Å². The second-order valence-electron chi connectivity index (χ2n) is 8.16. The Morgan fingerprint density at radius 1 is 1.11 bits per heavy atom. The molecule has 0 bridgehead atoms. The molecule has 2 heterocycles. The number of hydrogen-bond donors (Lipinski definition) is 1. The van der Waals surface area contributed by atoms with Crippen LogP contribution in [0.2, 0.25) is 0 Å². The molecule has 1 unspecified atom stereocenters. The summed E-state index contributed by atoms with van der Waals surface area (Å²) in [5, 5.41) is 2.97. The van der Waals surface area contributed by atoms with Gasteiger partial charge in [0, 0.05) is 57.1 Å². The summed E-state index contributed by atoms with van der Waals surface area (Å²) < 4.78 is 0. The molecule has 2 saturated heterocycles. The van der Waals surface area contributed by atoms with Gasteiger partial charge in [0.25, 0.3) is 0 Å². The van der Waals surface area contributed by atoms with Gasteiger partial charge in [0.05, 0.1) is 5.92 Å². The zero-order valence-corrected chi connectivity index (χ0v) is 17.4. The molecule has 1 aromatic carbocycles. The van der Waals surface area contributed by atoms with Gasteiger partial charge in [-0.1, -0.05) is 0 Å². The molecule has 2 amide bonds. The third-order valence-corrected chi connectivity index (χ3v) is 5.61. The third kappa shape index (κ3) is 5.23. The van der Waals surface area contributed by atoms with E-state index in [9.17, 15) is 9.59 Å². The molecule has 3 rings (SSSR count). The van der Waals surface area contributed by atoms with Crippen molar-refractivity contribution in [3.05, 3.63) is 24.3 Å². The Kier molecular flexibility index (Phi) is 6.91. The average molecular weight is 388 g/mol. The summed E-state index contributed by atoms with van der Waals surface area (Å²) in [6, 6.07) is 8.18.